The fourth-order valence-electron chi connectivity index (χ4n) is 1.68. The minimum atomic E-state index is -2.87. The molecule has 3 nitrogen and oxygen atoms in total. The number of fused-ring (bicyclic) bond motifs is 1. The number of halogens is 2. The van der Waals surface area contributed by atoms with E-state index in [-0.39, 0.29) is 5.75 Å². The normalized spacial score (nSPS) is 11.1. The van der Waals surface area contributed by atoms with Gasteiger partial charge in [0.25, 0.3) is 0 Å². The Hall–Kier alpha value is -1.91. The van der Waals surface area contributed by atoms with Crippen LogP contribution < -0.4 is 10.5 Å². The summed E-state index contributed by atoms with van der Waals surface area (Å²) in [4.78, 5) is 4.27. The number of hydrogen-bond donors (Lipinski definition) is 1. The first-order valence-electron chi connectivity index (χ1n) is 5.24. The minimum absolute atomic E-state index is 0.0551. The monoisotopic (exact) mass is 238 g/mol. The number of para-hydroxylation sites is 1. The van der Waals surface area contributed by atoms with Gasteiger partial charge in [0.05, 0.1) is 0 Å². The van der Waals surface area contributed by atoms with E-state index in [2.05, 4.69) is 9.72 Å². The summed E-state index contributed by atoms with van der Waals surface area (Å²) >= 11 is 0. The molecule has 1 aromatic heterocycles. The Labute approximate surface area is 97.2 Å². The molecule has 0 atom stereocenters. The molecular weight excluding hydrogens is 226 g/mol. The number of nitrogens with two attached hydrogens (primary N) is 1. The van der Waals surface area contributed by atoms with Crippen molar-refractivity contribution in [1.29, 1.82) is 0 Å². The van der Waals surface area contributed by atoms with Gasteiger partial charge in [-0.1, -0.05) is 19.1 Å². The van der Waals surface area contributed by atoms with Gasteiger partial charge in [-0.2, -0.15) is 8.78 Å². The van der Waals surface area contributed by atoms with Gasteiger partial charge in [0.2, 0.25) is 0 Å². The Morgan fingerprint density at radius 2 is 2.18 bits per heavy atom. The molecule has 0 aliphatic rings. The number of aryl methyl sites for hydroxylation is 1. The van der Waals surface area contributed by atoms with Gasteiger partial charge >= 0.3 is 6.61 Å². The fraction of sp³-hybridized carbons (Fsp3) is 0.250. The fourth-order valence-corrected chi connectivity index (χ4v) is 1.68. The number of pyridine rings is 1. The molecule has 90 valence electrons. The van der Waals surface area contributed by atoms with Crippen LogP contribution in [0.3, 0.4) is 0 Å². The van der Waals surface area contributed by atoms with Crippen LogP contribution in [0, 0.1) is 0 Å². The lowest BCUT2D eigenvalue weighted by atomic mass is 10.1. The number of rotatable bonds is 3. The van der Waals surface area contributed by atoms with E-state index in [1.807, 2.05) is 6.92 Å². The quantitative estimate of drug-likeness (QED) is 0.894. The summed E-state index contributed by atoms with van der Waals surface area (Å²) in [6.07, 6.45) is 0.684. The molecule has 2 N–H and O–H groups in total. The zero-order valence-electron chi connectivity index (χ0n) is 9.28. The lowest BCUT2D eigenvalue weighted by Gasteiger charge is -2.10. The zero-order valence-corrected chi connectivity index (χ0v) is 9.28. The average molecular weight is 238 g/mol. The summed E-state index contributed by atoms with van der Waals surface area (Å²) in [5.74, 6) is 0.0551. The Bertz CT molecular complexity index is 543. The summed E-state index contributed by atoms with van der Waals surface area (Å²) in [6, 6.07) is 6.55. The molecule has 2 aromatic rings. The first-order chi connectivity index (χ1) is 8.11. The topological polar surface area (TPSA) is 48.1 Å². The molecule has 0 unspecified atom stereocenters. The molecular formula is C12H12F2N2O. The molecule has 0 spiro atoms. The number of nitrogen functional groups attached to an aromatic ring is 1. The van der Waals surface area contributed by atoms with Gasteiger partial charge in [-0.05, 0) is 18.6 Å². The van der Waals surface area contributed by atoms with Crippen molar-refractivity contribution in [2.75, 3.05) is 5.73 Å². The Morgan fingerprint density at radius 1 is 1.41 bits per heavy atom. The Balaban J connectivity index is 2.64. The summed E-state index contributed by atoms with van der Waals surface area (Å²) in [6.45, 7) is -0.946. The average Bonchev–Trinajstić information content (AvgIpc) is 2.29. The van der Waals surface area contributed by atoms with Crippen LogP contribution in [-0.4, -0.2) is 11.6 Å². The SMILES string of the molecule is CCc1cc(N)c2cccc(OC(F)F)c2n1. The number of hydrogen-bond acceptors (Lipinski definition) is 3. The maximum Gasteiger partial charge on any atom is 0.387 e. The highest BCUT2D eigenvalue weighted by Crippen LogP contribution is 2.29. The summed E-state index contributed by atoms with van der Waals surface area (Å²) < 4.78 is 28.9. The molecule has 0 saturated heterocycles. The van der Waals surface area contributed by atoms with E-state index >= 15 is 0 Å². The van der Waals surface area contributed by atoms with Crippen molar-refractivity contribution in [3.05, 3.63) is 30.0 Å². The van der Waals surface area contributed by atoms with Gasteiger partial charge < -0.3 is 10.5 Å². The minimum Gasteiger partial charge on any atom is -0.432 e. The number of anilines is 1. The van der Waals surface area contributed by atoms with E-state index in [0.29, 0.717) is 23.0 Å². The summed E-state index contributed by atoms with van der Waals surface area (Å²) in [7, 11) is 0. The van der Waals surface area contributed by atoms with Crippen molar-refractivity contribution in [1.82, 2.24) is 4.98 Å². The smallest absolute Gasteiger partial charge is 0.387 e. The number of ether oxygens (including phenoxy) is 1. The lowest BCUT2D eigenvalue weighted by molar-refractivity contribution is -0.0489. The van der Waals surface area contributed by atoms with Gasteiger partial charge in [-0.15, -0.1) is 0 Å². The molecule has 17 heavy (non-hydrogen) atoms. The summed E-state index contributed by atoms with van der Waals surface area (Å²) in [5, 5.41) is 0.625. The first kappa shape index (κ1) is 11.6. The van der Waals surface area contributed by atoms with Gasteiger partial charge in [0.15, 0.2) is 5.75 Å². The second kappa shape index (κ2) is 4.53. The first-order valence-corrected chi connectivity index (χ1v) is 5.24. The molecule has 0 aliphatic carbocycles. The Morgan fingerprint density at radius 3 is 2.82 bits per heavy atom. The molecule has 0 bridgehead atoms. The van der Waals surface area contributed by atoms with E-state index < -0.39 is 6.61 Å². The summed E-state index contributed by atoms with van der Waals surface area (Å²) in [5.41, 5.74) is 7.50. The van der Waals surface area contributed by atoms with Crippen LogP contribution in [0.2, 0.25) is 0 Å². The third-order valence-electron chi connectivity index (χ3n) is 2.47. The third kappa shape index (κ3) is 2.27. The van der Waals surface area contributed by atoms with Crippen LogP contribution in [0.5, 0.6) is 5.75 Å². The molecule has 0 fully saturated rings. The molecule has 0 amide bonds. The largest absolute Gasteiger partial charge is 0.432 e. The van der Waals surface area contributed by atoms with Gasteiger partial charge in [-0.25, -0.2) is 4.98 Å². The van der Waals surface area contributed by atoms with E-state index in [0.717, 1.165) is 5.69 Å². The number of benzene rings is 1. The highest BCUT2D eigenvalue weighted by atomic mass is 19.3. The molecule has 0 saturated carbocycles. The molecule has 0 aliphatic heterocycles. The van der Waals surface area contributed by atoms with Crippen molar-refractivity contribution in [3.63, 3.8) is 0 Å². The van der Waals surface area contributed by atoms with Crippen LogP contribution in [0.25, 0.3) is 10.9 Å². The van der Waals surface area contributed by atoms with Crippen LogP contribution in [0.15, 0.2) is 24.3 Å². The van der Waals surface area contributed by atoms with Crippen molar-refractivity contribution in [2.24, 2.45) is 0 Å². The predicted molar refractivity (Wildman–Crippen MR) is 62.2 cm³/mol. The van der Waals surface area contributed by atoms with E-state index in [4.69, 9.17) is 5.73 Å². The van der Waals surface area contributed by atoms with Crippen molar-refractivity contribution in [3.8, 4) is 5.75 Å². The van der Waals surface area contributed by atoms with Gasteiger partial charge in [0.1, 0.15) is 5.52 Å². The van der Waals surface area contributed by atoms with Crippen molar-refractivity contribution in [2.45, 2.75) is 20.0 Å². The van der Waals surface area contributed by atoms with Crippen LogP contribution in [0.4, 0.5) is 14.5 Å². The second-order valence-electron chi connectivity index (χ2n) is 3.59. The van der Waals surface area contributed by atoms with Gasteiger partial charge in [-0.3, -0.25) is 0 Å². The van der Waals surface area contributed by atoms with E-state index in [1.165, 1.54) is 6.07 Å². The highest BCUT2D eigenvalue weighted by Gasteiger charge is 2.11. The molecule has 2 rings (SSSR count). The number of alkyl halides is 2. The standard InChI is InChI=1S/C12H12F2N2O/c1-2-7-6-9(15)8-4-3-5-10(11(8)16-7)17-12(13)14/h3-6,12H,2H2,1H3,(H2,15,16). The molecule has 0 radical (unpaired) electrons. The lowest BCUT2D eigenvalue weighted by Crippen LogP contribution is -2.04. The maximum absolute atomic E-state index is 12.3. The maximum atomic E-state index is 12.3. The van der Waals surface area contributed by atoms with E-state index in [9.17, 15) is 8.78 Å². The highest BCUT2D eigenvalue weighted by molar-refractivity contribution is 5.94. The third-order valence-corrected chi connectivity index (χ3v) is 2.47. The van der Waals surface area contributed by atoms with Crippen molar-refractivity contribution < 1.29 is 13.5 Å². The van der Waals surface area contributed by atoms with Crippen molar-refractivity contribution >= 4 is 16.6 Å². The van der Waals surface area contributed by atoms with Crippen LogP contribution >= 0.6 is 0 Å². The number of nitrogens with zero attached hydrogens (tertiary/aromatic N) is 1. The van der Waals surface area contributed by atoms with Gasteiger partial charge in [0, 0.05) is 16.8 Å². The van der Waals surface area contributed by atoms with Crippen LogP contribution in [-0.2, 0) is 6.42 Å². The van der Waals surface area contributed by atoms with E-state index in [1.54, 1.807) is 18.2 Å². The molecule has 1 aromatic carbocycles. The molecule has 5 heteroatoms. The molecule has 1 heterocycles. The predicted octanol–water partition coefficient (Wildman–Crippen LogP) is 2.98. The van der Waals surface area contributed by atoms with Crippen LogP contribution in [0.1, 0.15) is 12.6 Å². The Kier molecular flexibility index (Phi) is 3.08. The number of aromatic nitrogens is 1. The zero-order chi connectivity index (χ0) is 12.4. The second-order valence-corrected chi connectivity index (χ2v) is 3.59.